The zero-order valence-corrected chi connectivity index (χ0v) is 22.0. The topological polar surface area (TPSA) is 60.7 Å². The van der Waals surface area contributed by atoms with Gasteiger partial charge in [0.05, 0.1) is 13.1 Å². The lowest BCUT2D eigenvalue weighted by atomic mass is 10.1. The van der Waals surface area contributed by atoms with Crippen LogP contribution >= 0.6 is 24.0 Å². The zero-order valence-electron chi connectivity index (χ0n) is 19.7. The highest BCUT2D eigenvalue weighted by atomic mass is 127. The van der Waals surface area contributed by atoms with E-state index in [0.29, 0.717) is 6.54 Å². The molecule has 0 amide bonds. The smallest absolute Gasteiger partial charge is 0.191 e. The highest BCUT2D eigenvalue weighted by molar-refractivity contribution is 14.0. The van der Waals surface area contributed by atoms with E-state index in [9.17, 15) is 0 Å². The van der Waals surface area contributed by atoms with E-state index in [2.05, 4.69) is 63.6 Å². The maximum atomic E-state index is 4.83. The molecule has 0 atom stereocenters. The number of piperazine rings is 1. The summed E-state index contributed by atoms with van der Waals surface area (Å²) in [6.45, 7) is 14.9. The van der Waals surface area contributed by atoms with E-state index in [1.165, 1.54) is 56.8 Å². The number of guanidine groups is 1. The van der Waals surface area contributed by atoms with Gasteiger partial charge in [0.25, 0.3) is 0 Å². The summed E-state index contributed by atoms with van der Waals surface area (Å²) in [6.07, 6.45) is 6.20. The Morgan fingerprint density at radius 3 is 2.41 bits per heavy atom. The fourth-order valence-electron chi connectivity index (χ4n) is 3.94. The van der Waals surface area contributed by atoms with Gasteiger partial charge < -0.3 is 20.4 Å². The summed E-state index contributed by atoms with van der Waals surface area (Å²) in [5.41, 5.74) is 2.50. The maximum Gasteiger partial charge on any atom is 0.191 e. The Bertz CT molecular complexity index is 770. The molecular weight excluding hydrogens is 513 g/mol. The molecule has 1 fully saturated rings. The number of hydrogen-bond donors (Lipinski definition) is 2. The highest BCUT2D eigenvalue weighted by Crippen LogP contribution is 2.11. The summed E-state index contributed by atoms with van der Waals surface area (Å²) in [5, 5.41) is 11.2. The molecule has 2 N–H and O–H groups in total. The van der Waals surface area contributed by atoms with Gasteiger partial charge in [-0.15, -0.1) is 24.0 Å². The normalized spacial score (nSPS) is 15.4. The second-order valence-corrected chi connectivity index (χ2v) is 8.08. The molecule has 0 radical (unpaired) electrons. The average molecular weight is 554 g/mol. The van der Waals surface area contributed by atoms with Crippen LogP contribution in [0.2, 0.25) is 0 Å². The van der Waals surface area contributed by atoms with Crippen LogP contribution in [-0.2, 0) is 13.1 Å². The average Bonchev–Trinajstić information content (AvgIpc) is 3.31. The summed E-state index contributed by atoms with van der Waals surface area (Å²) in [7, 11) is 0. The van der Waals surface area contributed by atoms with Gasteiger partial charge >= 0.3 is 0 Å². The third kappa shape index (κ3) is 9.07. The lowest BCUT2D eigenvalue weighted by Crippen LogP contribution is -2.46. The van der Waals surface area contributed by atoms with Crippen molar-refractivity contribution in [1.29, 1.82) is 0 Å². The number of aliphatic imine (C=N–C) groups is 1. The molecule has 1 aromatic heterocycles. The molecule has 7 nitrogen and oxygen atoms in total. The van der Waals surface area contributed by atoms with Gasteiger partial charge in [-0.3, -0.25) is 4.68 Å². The van der Waals surface area contributed by atoms with Crippen LogP contribution in [0.3, 0.4) is 0 Å². The first kappa shape index (κ1) is 26.6. The molecule has 1 aliphatic heterocycles. The molecule has 0 spiro atoms. The van der Waals surface area contributed by atoms with E-state index >= 15 is 0 Å². The Hall–Kier alpha value is -1.65. The largest absolute Gasteiger partial charge is 0.357 e. The minimum atomic E-state index is 0. The fraction of sp³-hybridized carbons (Fsp3) is 0.583. The number of nitrogens with zero attached hydrogens (tertiary/aromatic N) is 5. The van der Waals surface area contributed by atoms with Crippen LogP contribution in [0.1, 0.15) is 37.8 Å². The Morgan fingerprint density at radius 2 is 1.72 bits per heavy atom. The first-order valence-electron chi connectivity index (χ1n) is 11.8. The van der Waals surface area contributed by atoms with Crippen LogP contribution in [0.4, 0.5) is 0 Å². The molecular formula is C24H40IN7. The number of hydrogen-bond acceptors (Lipinski definition) is 4. The van der Waals surface area contributed by atoms with E-state index in [1.54, 1.807) is 0 Å². The standard InChI is InChI=1S/C24H39N7.HI/c1-3-25-24(26-12-7-8-14-30-18-16-29(4-2)17-19-30)27-20-22-10-5-6-11-23(22)21-31-15-9-13-28-31;/h5-6,9-11,13,15H,3-4,7-8,12,14,16-21H2,1-2H3,(H2,25,26,27);1H. The van der Waals surface area contributed by atoms with Crippen LogP contribution in [-0.4, -0.2) is 77.9 Å². The van der Waals surface area contributed by atoms with Crippen molar-refractivity contribution < 1.29 is 0 Å². The van der Waals surface area contributed by atoms with E-state index in [1.807, 2.05) is 23.1 Å². The van der Waals surface area contributed by atoms with Gasteiger partial charge in [-0.05, 0) is 50.0 Å². The van der Waals surface area contributed by atoms with E-state index in [0.717, 1.165) is 32.0 Å². The Labute approximate surface area is 210 Å². The molecule has 0 saturated carbocycles. The van der Waals surface area contributed by atoms with Gasteiger partial charge in [0.15, 0.2) is 5.96 Å². The monoisotopic (exact) mass is 553 g/mol. The second-order valence-electron chi connectivity index (χ2n) is 8.08. The zero-order chi connectivity index (χ0) is 21.7. The van der Waals surface area contributed by atoms with Crippen molar-refractivity contribution in [2.45, 2.75) is 39.8 Å². The maximum absolute atomic E-state index is 4.83. The molecule has 0 aliphatic carbocycles. The van der Waals surface area contributed by atoms with Crippen LogP contribution in [0, 0.1) is 0 Å². The van der Waals surface area contributed by atoms with E-state index in [4.69, 9.17) is 4.99 Å². The molecule has 8 heteroatoms. The lowest BCUT2D eigenvalue weighted by molar-refractivity contribution is 0.136. The SMILES string of the molecule is CCNC(=NCc1ccccc1Cn1cccn1)NCCCCN1CCN(CC)CC1.I. The van der Waals surface area contributed by atoms with Crippen molar-refractivity contribution in [1.82, 2.24) is 30.2 Å². The molecule has 178 valence electrons. The van der Waals surface area contributed by atoms with Crippen LogP contribution < -0.4 is 10.6 Å². The Morgan fingerprint density at radius 1 is 0.969 bits per heavy atom. The first-order chi connectivity index (χ1) is 15.3. The third-order valence-electron chi connectivity index (χ3n) is 5.87. The Kier molecular flexibility index (Phi) is 12.7. The van der Waals surface area contributed by atoms with Crippen LogP contribution in [0.25, 0.3) is 0 Å². The van der Waals surface area contributed by atoms with Gasteiger partial charge in [-0.2, -0.15) is 5.10 Å². The predicted octanol–water partition coefficient (Wildman–Crippen LogP) is 3.02. The third-order valence-corrected chi connectivity index (χ3v) is 5.87. The summed E-state index contributed by atoms with van der Waals surface area (Å²) in [5.74, 6) is 0.896. The number of halogens is 1. The predicted molar refractivity (Wildman–Crippen MR) is 144 cm³/mol. The van der Waals surface area contributed by atoms with Crippen molar-refractivity contribution in [3.05, 3.63) is 53.9 Å². The number of nitrogens with one attached hydrogen (secondary N) is 2. The number of benzene rings is 1. The number of aromatic nitrogens is 2. The summed E-state index contributed by atoms with van der Waals surface area (Å²) >= 11 is 0. The molecule has 1 aromatic carbocycles. The fourth-order valence-corrected chi connectivity index (χ4v) is 3.94. The number of unbranched alkanes of at least 4 members (excludes halogenated alkanes) is 1. The summed E-state index contributed by atoms with van der Waals surface area (Å²) < 4.78 is 1.95. The first-order valence-corrected chi connectivity index (χ1v) is 11.8. The van der Waals surface area contributed by atoms with Crippen LogP contribution in [0.15, 0.2) is 47.7 Å². The molecule has 1 aliphatic rings. The van der Waals surface area contributed by atoms with Crippen molar-refractivity contribution in [2.75, 3.05) is 52.4 Å². The van der Waals surface area contributed by atoms with Gasteiger partial charge in [-0.25, -0.2) is 4.99 Å². The van der Waals surface area contributed by atoms with Gasteiger partial charge in [0.1, 0.15) is 0 Å². The molecule has 2 aromatic rings. The number of likely N-dealkylation sites (N-methyl/N-ethyl adjacent to an activating group) is 1. The highest BCUT2D eigenvalue weighted by Gasteiger charge is 2.14. The molecule has 2 heterocycles. The quantitative estimate of drug-likeness (QED) is 0.194. The second kappa shape index (κ2) is 15.2. The summed E-state index contributed by atoms with van der Waals surface area (Å²) in [6, 6.07) is 10.4. The Balaban J connectivity index is 0.00000363. The molecule has 0 bridgehead atoms. The molecule has 0 unspecified atom stereocenters. The minimum absolute atomic E-state index is 0. The lowest BCUT2D eigenvalue weighted by Gasteiger charge is -2.34. The number of rotatable bonds is 11. The van der Waals surface area contributed by atoms with Crippen molar-refractivity contribution in [3.63, 3.8) is 0 Å². The van der Waals surface area contributed by atoms with E-state index < -0.39 is 0 Å². The molecule has 3 rings (SSSR count). The van der Waals surface area contributed by atoms with Crippen molar-refractivity contribution >= 4 is 29.9 Å². The summed E-state index contributed by atoms with van der Waals surface area (Å²) in [4.78, 5) is 9.96. The van der Waals surface area contributed by atoms with Crippen molar-refractivity contribution in [3.8, 4) is 0 Å². The molecule has 32 heavy (non-hydrogen) atoms. The van der Waals surface area contributed by atoms with E-state index in [-0.39, 0.29) is 24.0 Å². The van der Waals surface area contributed by atoms with Gasteiger partial charge in [0, 0.05) is 51.7 Å². The van der Waals surface area contributed by atoms with Gasteiger partial charge in [0.2, 0.25) is 0 Å². The van der Waals surface area contributed by atoms with Crippen LogP contribution in [0.5, 0.6) is 0 Å². The van der Waals surface area contributed by atoms with Crippen molar-refractivity contribution in [2.24, 2.45) is 4.99 Å². The minimum Gasteiger partial charge on any atom is -0.357 e. The molecule has 1 saturated heterocycles. The van der Waals surface area contributed by atoms with Gasteiger partial charge in [-0.1, -0.05) is 31.2 Å².